The first-order chi connectivity index (χ1) is 12.4. The molecule has 3 unspecified atom stereocenters. The van der Waals surface area contributed by atoms with Gasteiger partial charge in [0.25, 0.3) is 0 Å². The van der Waals surface area contributed by atoms with Crippen molar-refractivity contribution in [3.05, 3.63) is 11.6 Å². The molecule has 1 heterocycles. The van der Waals surface area contributed by atoms with Gasteiger partial charge in [-0.1, -0.05) is 19.9 Å². The van der Waals surface area contributed by atoms with Gasteiger partial charge in [0.1, 0.15) is 6.61 Å². The molecule has 1 amide bonds. The molecule has 1 saturated heterocycles. The van der Waals surface area contributed by atoms with Gasteiger partial charge in [0.2, 0.25) is 5.91 Å². The minimum atomic E-state index is -0.484. The van der Waals surface area contributed by atoms with E-state index >= 15 is 0 Å². The summed E-state index contributed by atoms with van der Waals surface area (Å²) >= 11 is 0. The first-order valence-electron chi connectivity index (χ1n) is 9.85. The second-order valence-corrected chi connectivity index (χ2v) is 8.60. The fraction of sp³-hybridized carbons (Fsp3) is 0.850. The number of methoxy groups -OCH3 is 1. The van der Waals surface area contributed by atoms with Crippen LogP contribution in [0.15, 0.2) is 11.6 Å². The Morgan fingerprint density at radius 1 is 1.35 bits per heavy atom. The summed E-state index contributed by atoms with van der Waals surface area (Å²) in [5, 5.41) is 10.3. The molecular formula is C20H34N2O4. The number of nitrogens with zero attached hydrogens (tertiary/aromatic N) is 2. The van der Waals surface area contributed by atoms with E-state index in [4.69, 9.17) is 9.47 Å². The van der Waals surface area contributed by atoms with E-state index in [0.717, 1.165) is 19.0 Å². The molecule has 1 saturated carbocycles. The summed E-state index contributed by atoms with van der Waals surface area (Å²) in [6.07, 6.45) is 4.35. The van der Waals surface area contributed by atoms with Crippen LogP contribution in [-0.2, 0) is 14.3 Å². The van der Waals surface area contributed by atoms with Crippen LogP contribution in [0.5, 0.6) is 0 Å². The van der Waals surface area contributed by atoms with Gasteiger partial charge in [-0.3, -0.25) is 9.69 Å². The van der Waals surface area contributed by atoms with Gasteiger partial charge < -0.3 is 19.5 Å². The van der Waals surface area contributed by atoms with Crippen LogP contribution < -0.4 is 0 Å². The van der Waals surface area contributed by atoms with Crippen LogP contribution in [0.25, 0.3) is 0 Å². The molecule has 3 atom stereocenters. The van der Waals surface area contributed by atoms with Crippen LogP contribution in [0.1, 0.15) is 26.7 Å². The van der Waals surface area contributed by atoms with Crippen LogP contribution in [0.3, 0.4) is 0 Å². The van der Waals surface area contributed by atoms with Gasteiger partial charge in [0, 0.05) is 39.8 Å². The predicted molar refractivity (Wildman–Crippen MR) is 99.8 cm³/mol. The smallest absolute Gasteiger partial charge is 0.248 e. The Kier molecular flexibility index (Phi) is 6.38. The average molecular weight is 367 g/mol. The molecule has 26 heavy (non-hydrogen) atoms. The lowest BCUT2D eigenvalue weighted by Gasteiger charge is -2.56. The predicted octanol–water partition coefficient (Wildman–Crippen LogP) is 1.15. The van der Waals surface area contributed by atoms with Crippen molar-refractivity contribution in [3.8, 4) is 0 Å². The van der Waals surface area contributed by atoms with Crippen molar-refractivity contribution in [3.63, 3.8) is 0 Å². The number of allylic oxidation sites excluding steroid dienone is 1. The van der Waals surface area contributed by atoms with Gasteiger partial charge in [-0.05, 0) is 35.7 Å². The molecule has 1 aliphatic heterocycles. The number of fused-ring (bicyclic) bond motifs is 1. The van der Waals surface area contributed by atoms with E-state index in [1.807, 2.05) is 4.90 Å². The van der Waals surface area contributed by atoms with Crippen molar-refractivity contribution in [2.45, 2.75) is 32.8 Å². The number of carbonyl (C=O) groups is 1. The van der Waals surface area contributed by atoms with Crippen LogP contribution in [0, 0.1) is 17.3 Å². The van der Waals surface area contributed by atoms with Crippen molar-refractivity contribution in [1.82, 2.24) is 9.80 Å². The van der Waals surface area contributed by atoms with Crippen molar-refractivity contribution in [2.75, 3.05) is 59.7 Å². The summed E-state index contributed by atoms with van der Waals surface area (Å²) in [4.78, 5) is 15.8. The first-order valence-corrected chi connectivity index (χ1v) is 9.85. The van der Waals surface area contributed by atoms with Crippen molar-refractivity contribution >= 4 is 5.91 Å². The third-order valence-electron chi connectivity index (χ3n) is 6.62. The number of hydrogen-bond donors (Lipinski definition) is 1. The van der Waals surface area contributed by atoms with E-state index in [1.165, 1.54) is 25.5 Å². The first kappa shape index (κ1) is 19.8. The fourth-order valence-corrected chi connectivity index (χ4v) is 4.70. The molecule has 0 radical (unpaired) electrons. The standard InChI is InChI=1S/C20H34N2O4/c1-20(2)16-5-4-15(18(20)10-16)12-26-13-17(23)11-21-6-8-22(9-7-21)19(24)14-25-3/h4,16-18,23H,5-14H2,1-3H3. The van der Waals surface area contributed by atoms with Gasteiger partial charge >= 0.3 is 0 Å². The molecule has 4 aliphatic rings. The van der Waals surface area contributed by atoms with Gasteiger partial charge in [-0.25, -0.2) is 0 Å². The minimum Gasteiger partial charge on any atom is -0.389 e. The van der Waals surface area contributed by atoms with E-state index in [9.17, 15) is 9.90 Å². The average Bonchev–Trinajstić information content (AvgIpc) is 2.62. The lowest BCUT2D eigenvalue weighted by molar-refractivity contribution is -0.137. The third kappa shape index (κ3) is 4.30. The van der Waals surface area contributed by atoms with E-state index in [0.29, 0.717) is 44.2 Å². The SMILES string of the molecule is COCC(=O)N1CCN(CC(O)COCC2=CCC3CC2C3(C)C)CC1. The van der Waals surface area contributed by atoms with Crippen LogP contribution in [0.4, 0.5) is 0 Å². The highest BCUT2D eigenvalue weighted by molar-refractivity contribution is 5.77. The van der Waals surface area contributed by atoms with E-state index in [2.05, 4.69) is 24.8 Å². The van der Waals surface area contributed by atoms with Crippen molar-refractivity contribution in [1.29, 1.82) is 0 Å². The number of aliphatic hydroxyl groups is 1. The molecular weight excluding hydrogens is 332 g/mol. The fourth-order valence-electron chi connectivity index (χ4n) is 4.70. The molecule has 1 N–H and O–H groups in total. The Morgan fingerprint density at radius 3 is 2.69 bits per heavy atom. The molecule has 6 heteroatoms. The van der Waals surface area contributed by atoms with Gasteiger partial charge in [0.05, 0.1) is 19.3 Å². The summed E-state index contributed by atoms with van der Waals surface area (Å²) in [6, 6.07) is 0. The molecule has 148 valence electrons. The highest BCUT2D eigenvalue weighted by Gasteiger charge is 2.50. The molecule has 6 nitrogen and oxygen atoms in total. The maximum Gasteiger partial charge on any atom is 0.248 e. The largest absolute Gasteiger partial charge is 0.389 e. The van der Waals surface area contributed by atoms with Gasteiger partial charge in [-0.15, -0.1) is 0 Å². The maximum atomic E-state index is 11.8. The normalized spacial score (nSPS) is 29.1. The van der Waals surface area contributed by atoms with Crippen LogP contribution in [0.2, 0.25) is 0 Å². The topological polar surface area (TPSA) is 62.2 Å². The number of rotatable bonds is 8. The highest BCUT2D eigenvalue weighted by Crippen LogP contribution is 2.59. The van der Waals surface area contributed by atoms with Crippen molar-refractivity contribution < 1.29 is 19.4 Å². The number of aliphatic hydroxyl groups excluding tert-OH is 1. The lowest BCUT2D eigenvalue weighted by atomic mass is 9.49. The van der Waals surface area contributed by atoms with E-state index in [1.54, 1.807) is 0 Å². The highest BCUT2D eigenvalue weighted by atomic mass is 16.5. The molecule has 0 aromatic carbocycles. The number of ether oxygens (including phenoxy) is 2. The van der Waals surface area contributed by atoms with Gasteiger partial charge in [-0.2, -0.15) is 0 Å². The zero-order valence-corrected chi connectivity index (χ0v) is 16.4. The third-order valence-corrected chi connectivity index (χ3v) is 6.62. The number of carbonyl (C=O) groups excluding carboxylic acids is 1. The summed E-state index contributed by atoms with van der Waals surface area (Å²) in [7, 11) is 1.54. The Bertz CT molecular complexity index is 526. The monoisotopic (exact) mass is 366 g/mol. The summed E-state index contributed by atoms with van der Waals surface area (Å²) in [5.41, 5.74) is 1.85. The Hall–Kier alpha value is -0.950. The Balaban J connectivity index is 1.32. The molecule has 3 aliphatic carbocycles. The minimum absolute atomic E-state index is 0.0398. The Morgan fingerprint density at radius 2 is 2.08 bits per heavy atom. The molecule has 2 bridgehead atoms. The summed E-state index contributed by atoms with van der Waals surface area (Å²) in [6.45, 7) is 9.46. The molecule has 0 aromatic heterocycles. The lowest BCUT2D eigenvalue weighted by Crippen LogP contribution is -2.51. The summed E-state index contributed by atoms with van der Waals surface area (Å²) < 4.78 is 10.7. The van der Waals surface area contributed by atoms with Gasteiger partial charge in [0.15, 0.2) is 0 Å². The zero-order valence-electron chi connectivity index (χ0n) is 16.4. The number of piperazine rings is 1. The zero-order chi connectivity index (χ0) is 18.7. The van der Waals surface area contributed by atoms with Crippen molar-refractivity contribution in [2.24, 2.45) is 17.3 Å². The number of β-amino-alcohol motifs (C(OH)–C–C–N with tert-alkyl or cyclic N) is 1. The van der Waals surface area contributed by atoms with Crippen LogP contribution >= 0.6 is 0 Å². The maximum absolute atomic E-state index is 11.8. The van der Waals surface area contributed by atoms with Crippen LogP contribution in [-0.4, -0.2) is 86.6 Å². The van der Waals surface area contributed by atoms with E-state index < -0.39 is 6.10 Å². The van der Waals surface area contributed by atoms with E-state index in [-0.39, 0.29) is 12.5 Å². The number of amides is 1. The second-order valence-electron chi connectivity index (χ2n) is 8.60. The second kappa shape index (κ2) is 8.38. The number of hydrogen-bond acceptors (Lipinski definition) is 5. The molecule has 2 fully saturated rings. The molecule has 0 spiro atoms. The summed E-state index contributed by atoms with van der Waals surface area (Å²) in [5.74, 6) is 1.55. The molecule has 4 rings (SSSR count). The Labute approximate surface area is 157 Å². The quantitative estimate of drug-likeness (QED) is 0.653. The molecule has 0 aromatic rings.